The second-order valence-corrected chi connectivity index (χ2v) is 7.64. The van der Waals surface area contributed by atoms with Crippen molar-refractivity contribution >= 4 is 33.0 Å². The molecule has 0 N–H and O–H groups in total. The van der Waals surface area contributed by atoms with Gasteiger partial charge >= 0.3 is 6.18 Å². The molecule has 0 aliphatic carbocycles. The van der Waals surface area contributed by atoms with Crippen molar-refractivity contribution in [3.8, 4) is 0 Å². The number of piperazine rings is 1. The number of hydrogen-bond donors (Lipinski definition) is 0. The van der Waals surface area contributed by atoms with E-state index in [1.807, 2.05) is 4.90 Å². The van der Waals surface area contributed by atoms with Gasteiger partial charge in [-0.1, -0.05) is 6.07 Å². The van der Waals surface area contributed by atoms with E-state index in [2.05, 4.69) is 5.10 Å². The molecule has 10 heteroatoms. The first-order valence-corrected chi connectivity index (χ1v) is 9.84. The smallest absolute Gasteiger partial charge is 0.368 e. The quantitative estimate of drug-likeness (QED) is 0.652. The summed E-state index contributed by atoms with van der Waals surface area (Å²) in [7, 11) is 0. The first-order valence-electron chi connectivity index (χ1n) is 8.96. The minimum atomic E-state index is -4.39. The number of amides is 1. The Balaban J connectivity index is 1.41. The number of halogens is 3. The highest BCUT2D eigenvalue weighted by Gasteiger charge is 2.31. The van der Waals surface area contributed by atoms with Crippen LogP contribution in [0, 0.1) is 0 Å². The van der Waals surface area contributed by atoms with Crippen LogP contribution in [0.3, 0.4) is 0 Å². The van der Waals surface area contributed by atoms with Crippen molar-refractivity contribution in [3.05, 3.63) is 57.8 Å². The maximum Gasteiger partial charge on any atom is 0.416 e. The first kappa shape index (κ1) is 19.4. The summed E-state index contributed by atoms with van der Waals surface area (Å²) >= 11 is 1.31. The van der Waals surface area contributed by atoms with E-state index in [1.165, 1.54) is 17.4 Å². The van der Waals surface area contributed by atoms with E-state index in [0.29, 0.717) is 36.6 Å². The van der Waals surface area contributed by atoms with E-state index in [0.717, 1.165) is 22.2 Å². The van der Waals surface area contributed by atoms with Crippen molar-refractivity contribution in [2.24, 2.45) is 0 Å². The van der Waals surface area contributed by atoms with Crippen LogP contribution in [0.1, 0.15) is 5.56 Å². The molecular formula is C19H17F3N4O2S. The molecule has 152 valence electrons. The molecule has 2 aromatic heterocycles. The zero-order chi connectivity index (χ0) is 20.6. The Labute approximate surface area is 167 Å². The fraction of sp³-hybridized carbons (Fsp3) is 0.316. The summed E-state index contributed by atoms with van der Waals surface area (Å²) < 4.78 is 40.5. The molecule has 0 unspecified atom stereocenters. The highest BCUT2D eigenvalue weighted by molar-refractivity contribution is 7.17. The second kappa shape index (κ2) is 7.51. The van der Waals surface area contributed by atoms with Crippen LogP contribution in [0.2, 0.25) is 0 Å². The van der Waals surface area contributed by atoms with Gasteiger partial charge in [-0.15, -0.1) is 11.3 Å². The van der Waals surface area contributed by atoms with Gasteiger partial charge in [0, 0.05) is 37.3 Å². The van der Waals surface area contributed by atoms with Crippen molar-refractivity contribution in [1.82, 2.24) is 14.7 Å². The van der Waals surface area contributed by atoms with Crippen LogP contribution in [-0.2, 0) is 17.5 Å². The lowest BCUT2D eigenvalue weighted by atomic mass is 10.1. The van der Waals surface area contributed by atoms with Gasteiger partial charge < -0.3 is 9.80 Å². The topological polar surface area (TPSA) is 58.4 Å². The highest BCUT2D eigenvalue weighted by Crippen LogP contribution is 2.31. The van der Waals surface area contributed by atoms with E-state index >= 15 is 0 Å². The van der Waals surface area contributed by atoms with Gasteiger partial charge in [-0.2, -0.15) is 18.3 Å². The van der Waals surface area contributed by atoms with Gasteiger partial charge in [0.05, 0.1) is 11.8 Å². The molecule has 1 aliphatic rings. The molecule has 4 rings (SSSR count). The van der Waals surface area contributed by atoms with Gasteiger partial charge in [-0.25, -0.2) is 4.68 Å². The van der Waals surface area contributed by atoms with E-state index in [-0.39, 0.29) is 18.0 Å². The fourth-order valence-electron chi connectivity index (χ4n) is 3.33. The SMILES string of the molecule is O=C(Cn1ncc2ccsc2c1=O)N1CCN(c2cccc(C(F)(F)F)c2)CC1. The summed E-state index contributed by atoms with van der Waals surface area (Å²) in [4.78, 5) is 28.4. The molecular weight excluding hydrogens is 405 g/mol. The largest absolute Gasteiger partial charge is 0.416 e. The van der Waals surface area contributed by atoms with Gasteiger partial charge in [0.2, 0.25) is 5.91 Å². The molecule has 0 bridgehead atoms. The molecule has 1 saturated heterocycles. The standard InChI is InChI=1S/C19H17F3N4O2S/c20-19(21,22)14-2-1-3-15(10-14)24-5-7-25(8-6-24)16(27)12-26-18(28)17-13(11-23-26)4-9-29-17/h1-4,9-11H,5-8,12H2. The number of thiophene rings is 1. The third-order valence-electron chi connectivity index (χ3n) is 4.92. The van der Waals surface area contributed by atoms with Crippen LogP contribution in [0.15, 0.2) is 46.7 Å². The average Bonchev–Trinajstić information content (AvgIpc) is 3.19. The molecule has 1 amide bonds. The van der Waals surface area contributed by atoms with E-state index < -0.39 is 11.7 Å². The Hall–Kier alpha value is -2.88. The summed E-state index contributed by atoms with van der Waals surface area (Å²) in [6.07, 6.45) is -2.83. The number of fused-ring (bicyclic) bond motifs is 1. The Morgan fingerprint density at radius 2 is 1.90 bits per heavy atom. The minimum absolute atomic E-state index is 0.157. The molecule has 1 fully saturated rings. The number of hydrogen-bond acceptors (Lipinski definition) is 5. The first-order chi connectivity index (χ1) is 13.8. The van der Waals surface area contributed by atoms with Crippen LogP contribution in [0.25, 0.3) is 10.1 Å². The van der Waals surface area contributed by atoms with Crippen molar-refractivity contribution in [2.45, 2.75) is 12.7 Å². The van der Waals surface area contributed by atoms with Crippen LogP contribution >= 0.6 is 11.3 Å². The maximum atomic E-state index is 12.9. The van der Waals surface area contributed by atoms with Crippen molar-refractivity contribution in [2.75, 3.05) is 31.1 Å². The molecule has 1 aromatic carbocycles. The van der Waals surface area contributed by atoms with Crippen molar-refractivity contribution < 1.29 is 18.0 Å². The molecule has 0 radical (unpaired) electrons. The summed E-state index contributed by atoms with van der Waals surface area (Å²) in [6.45, 7) is 1.41. The van der Waals surface area contributed by atoms with E-state index in [1.54, 1.807) is 28.6 Å². The van der Waals surface area contributed by atoms with Crippen LogP contribution in [-0.4, -0.2) is 46.8 Å². The van der Waals surface area contributed by atoms with Gasteiger partial charge in [-0.3, -0.25) is 9.59 Å². The predicted molar refractivity (Wildman–Crippen MR) is 104 cm³/mol. The highest BCUT2D eigenvalue weighted by atomic mass is 32.1. The second-order valence-electron chi connectivity index (χ2n) is 6.73. The Bertz CT molecular complexity index is 1100. The minimum Gasteiger partial charge on any atom is -0.368 e. The molecule has 0 spiro atoms. The molecule has 3 aromatic rings. The number of carbonyl (C=O) groups is 1. The Kier molecular flexibility index (Phi) is 5.03. The monoisotopic (exact) mass is 422 g/mol. The Morgan fingerprint density at radius 3 is 2.62 bits per heavy atom. The molecule has 1 aliphatic heterocycles. The van der Waals surface area contributed by atoms with Crippen LogP contribution in [0.5, 0.6) is 0 Å². The normalized spacial score (nSPS) is 15.1. The Morgan fingerprint density at radius 1 is 1.14 bits per heavy atom. The number of carbonyl (C=O) groups excluding carboxylic acids is 1. The van der Waals surface area contributed by atoms with Gasteiger partial charge in [0.1, 0.15) is 11.2 Å². The van der Waals surface area contributed by atoms with Crippen molar-refractivity contribution in [3.63, 3.8) is 0 Å². The van der Waals surface area contributed by atoms with Crippen molar-refractivity contribution in [1.29, 1.82) is 0 Å². The molecule has 6 nitrogen and oxygen atoms in total. The molecule has 3 heterocycles. The third kappa shape index (κ3) is 3.98. The van der Waals surface area contributed by atoms with E-state index in [4.69, 9.17) is 0 Å². The summed E-state index contributed by atoms with van der Waals surface area (Å²) in [5, 5.41) is 6.60. The summed E-state index contributed by atoms with van der Waals surface area (Å²) in [6, 6.07) is 6.98. The number of alkyl halides is 3. The lowest BCUT2D eigenvalue weighted by Crippen LogP contribution is -2.50. The molecule has 0 saturated carbocycles. The predicted octanol–water partition coefficient (Wildman–Crippen LogP) is 2.83. The lowest BCUT2D eigenvalue weighted by Gasteiger charge is -2.36. The zero-order valence-electron chi connectivity index (χ0n) is 15.2. The van der Waals surface area contributed by atoms with Gasteiger partial charge in [0.25, 0.3) is 5.56 Å². The lowest BCUT2D eigenvalue weighted by molar-refractivity contribution is -0.137. The van der Waals surface area contributed by atoms with Gasteiger partial charge in [-0.05, 0) is 29.6 Å². The number of nitrogens with zero attached hydrogens (tertiary/aromatic N) is 4. The van der Waals surface area contributed by atoms with Crippen LogP contribution < -0.4 is 10.5 Å². The maximum absolute atomic E-state index is 12.9. The molecule has 0 atom stereocenters. The summed E-state index contributed by atoms with van der Waals surface area (Å²) in [5.41, 5.74) is -0.510. The number of anilines is 1. The number of aromatic nitrogens is 2. The summed E-state index contributed by atoms with van der Waals surface area (Å²) in [5.74, 6) is -0.237. The number of benzene rings is 1. The van der Waals surface area contributed by atoms with E-state index in [9.17, 15) is 22.8 Å². The molecule has 29 heavy (non-hydrogen) atoms. The zero-order valence-corrected chi connectivity index (χ0v) is 16.0. The van der Waals surface area contributed by atoms with Gasteiger partial charge in [0.15, 0.2) is 0 Å². The third-order valence-corrected chi connectivity index (χ3v) is 5.83. The average molecular weight is 422 g/mol. The number of rotatable bonds is 3. The fourth-order valence-corrected chi connectivity index (χ4v) is 4.14. The van der Waals surface area contributed by atoms with Crippen LogP contribution in [0.4, 0.5) is 18.9 Å².